The first-order valence-corrected chi connectivity index (χ1v) is 12.2. The highest BCUT2D eigenvalue weighted by Gasteiger charge is 2.34. The highest BCUT2D eigenvalue weighted by Crippen LogP contribution is 2.39. The van der Waals surface area contributed by atoms with Gasteiger partial charge in [-0.1, -0.05) is 29.8 Å². The Bertz CT molecular complexity index is 1280. The van der Waals surface area contributed by atoms with E-state index in [0.717, 1.165) is 18.9 Å². The molecule has 0 aliphatic rings. The van der Waals surface area contributed by atoms with Gasteiger partial charge in [0.15, 0.2) is 5.13 Å². The maximum absolute atomic E-state index is 13.7. The molecule has 0 amide bonds. The van der Waals surface area contributed by atoms with E-state index in [1.54, 1.807) is 23.8 Å². The van der Waals surface area contributed by atoms with Crippen LogP contribution in [0, 0.1) is 6.92 Å². The molecule has 4 rings (SSSR count). The number of benzene rings is 2. The number of aryl methyl sites for hydroxylation is 2. The highest BCUT2D eigenvalue weighted by molar-refractivity contribution is 7.14. The first kappa shape index (κ1) is 25.4. The van der Waals surface area contributed by atoms with Gasteiger partial charge in [-0.05, 0) is 49.9 Å². The van der Waals surface area contributed by atoms with Crippen LogP contribution in [0.25, 0.3) is 11.3 Å². The number of alkyl halides is 3. The zero-order valence-electron chi connectivity index (χ0n) is 19.8. The molecule has 1 N–H and O–H groups in total. The lowest BCUT2D eigenvalue weighted by Crippen LogP contribution is -2.10. The molecule has 36 heavy (non-hydrogen) atoms. The predicted octanol–water partition coefficient (Wildman–Crippen LogP) is 7.08. The number of rotatable bonds is 10. The monoisotopic (exact) mass is 514 g/mol. The lowest BCUT2D eigenvalue weighted by atomic mass is 10.1. The summed E-state index contributed by atoms with van der Waals surface area (Å²) in [4.78, 5) is 12.5. The molecule has 2 aromatic heterocycles. The molecule has 6 nitrogen and oxygen atoms in total. The zero-order valence-corrected chi connectivity index (χ0v) is 20.6. The molecule has 0 spiro atoms. The van der Waals surface area contributed by atoms with Crippen molar-refractivity contribution in [2.45, 2.75) is 32.4 Å². The van der Waals surface area contributed by atoms with Crippen LogP contribution in [0.2, 0.25) is 0 Å². The second kappa shape index (κ2) is 11.4. The van der Waals surface area contributed by atoms with Gasteiger partial charge < -0.3 is 14.8 Å². The summed E-state index contributed by atoms with van der Waals surface area (Å²) < 4.78 is 51.7. The van der Waals surface area contributed by atoms with Crippen molar-refractivity contribution in [2.24, 2.45) is 0 Å². The standard InChI is InChI=1S/C26H25F3N4O2S/c1-17-6-8-18(9-7-17)5-3-4-12-35-23-11-10-20(13-21(23)26(27,28)29)32-25-33-22(16-36-25)19-14-30-24(34-2)31-15-19/h6-11,13-16H,3-5,12H2,1-2H3,(H,32,33). The number of thiazole rings is 1. The van der Waals surface area contributed by atoms with Crippen LogP contribution in [-0.4, -0.2) is 28.7 Å². The number of halogens is 3. The summed E-state index contributed by atoms with van der Waals surface area (Å²) in [5.74, 6) is -0.182. The van der Waals surface area contributed by atoms with Crippen LogP contribution in [0.15, 0.2) is 60.2 Å². The van der Waals surface area contributed by atoms with Crippen molar-refractivity contribution in [2.75, 3.05) is 19.0 Å². The Balaban J connectivity index is 1.37. The average Bonchev–Trinajstić information content (AvgIpc) is 3.33. The van der Waals surface area contributed by atoms with Crippen LogP contribution in [-0.2, 0) is 12.6 Å². The van der Waals surface area contributed by atoms with Crippen LogP contribution in [0.3, 0.4) is 0 Å². The SMILES string of the molecule is COc1ncc(-c2csc(Nc3ccc(OCCCCc4ccc(C)cc4)c(C(F)(F)F)c3)n2)cn1. The topological polar surface area (TPSA) is 69.2 Å². The van der Waals surface area contributed by atoms with E-state index in [1.165, 1.54) is 35.6 Å². The molecule has 10 heteroatoms. The van der Waals surface area contributed by atoms with Crippen molar-refractivity contribution in [1.82, 2.24) is 15.0 Å². The number of hydrogen-bond acceptors (Lipinski definition) is 7. The van der Waals surface area contributed by atoms with Gasteiger partial charge in [-0.25, -0.2) is 15.0 Å². The van der Waals surface area contributed by atoms with E-state index in [-0.39, 0.29) is 24.1 Å². The smallest absolute Gasteiger partial charge is 0.420 e. The van der Waals surface area contributed by atoms with Crippen molar-refractivity contribution < 1.29 is 22.6 Å². The number of nitrogens with one attached hydrogen (secondary N) is 1. The van der Waals surface area contributed by atoms with E-state index in [1.807, 2.05) is 6.92 Å². The minimum atomic E-state index is -4.55. The fourth-order valence-corrected chi connectivity index (χ4v) is 4.20. The summed E-state index contributed by atoms with van der Waals surface area (Å²) in [6, 6.07) is 12.4. The van der Waals surface area contributed by atoms with E-state index in [9.17, 15) is 13.2 Å². The third kappa shape index (κ3) is 6.72. The van der Waals surface area contributed by atoms with Gasteiger partial charge in [0.05, 0.1) is 25.0 Å². The van der Waals surface area contributed by atoms with Crippen molar-refractivity contribution in [3.63, 3.8) is 0 Å². The molecule has 0 saturated carbocycles. The summed E-state index contributed by atoms with van der Waals surface area (Å²) in [6.45, 7) is 2.24. The molecule has 0 aliphatic heterocycles. The number of anilines is 2. The predicted molar refractivity (Wildman–Crippen MR) is 134 cm³/mol. The lowest BCUT2D eigenvalue weighted by molar-refractivity contribution is -0.138. The second-order valence-electron chi connectivity index (χ2n) is 8.12. The Hall–Kier alpha value is -3.66. The summed E-state index contributed by atoms with van der Waals surface area (Å²) in [5.41, 5.74) is 3.11. The molecular weight excluding hydrogens is 489 g/mol. The maximum Gasteiger partial charge on any atom is 0.420 e. The van der Waals surface area contributed by atoms with Crippen molar-refractivity contribution >= 4 is 22.2 Å². The number of hydrogen-bond donors (Lipinski definition) is 1. The van der Waals surface area contributed by atoms with E-state index >= 15 is 0 Å². The molecule has 0 unspecified atom stereocenters. The van der Waals surface area contributed by atoms with Gasteiger partial charge in [-0.15, -0.1) is 11.3 Å². The van der Waals surface area contributed by atoms with E-state index in [0.29, 0.717) is 22.8 Å². The molecule has 0 atom stereocenters. The Morgan fingerprint density at radius 1 is 1.00 bits per heavy atom. The largest absolute Gasteiger partial charge is 0.493 e. The van der Waals surface area contributed by atoms with E-state index < -0.39 is 11.7 Å². The summed E-state index contributed by atoms with van der Waals surface area (Å²) in [6.07, 6.45) is 0.928. The summed E-state index contributed by atoms with van der Waals surface area (Å²) in [7, 11) is 1.47. The van der Waals surface area contributed by atoms with Crippen LogP contribution in [0.5, 0.6) is 11.8 Å². The minimum Gasteiger partial charge on any atom is -0.493 e. The van der Waals surface area contributed by atoms with Crippen LogP contribution >= 0.6 is 11.3 Å². The van der Waals surface area contributed by atoms with E-state index in [2.05, 4.69) is 44.5 Å². The summed E-state index contributed by atoms with van der Waals surface area (Å²) >= 11 is 1.26. The molecule has 188 valence electrons. The quantitative estimate of drug-likeness (QED) is 0.228. The molecule has 0 saturated heterocycles. The second-order valence-corrected chi connectivity index (χ2v) is 8.98. The Morgan fingerprint density at radius 2 is 1.75 bits per heavy atom. The van der Waals surface area contributed by atoms with Gasteiger partial charge in [0.25, 0.3) is 0 Å². The summed E-state index contributed by atoms with van der Waals surface area (Å²) in [5, 5.41) is 5.15. The Labute approximate surface area is 211 Å². The third-order valence-electron chi connectivity index (χ3n) is 5.38. The van der Waals surface area contributed by atoms with Gasteiger partial charge in [-0.2, -0.15) is 13.2 Å². The first-order valence-electron chi connectivity index (χ1n) is 11.3. The average molecular weight is 515 g/mol. The van der Waals surface area contributed by atoms with Gasteiger partial charge in [-0.3, -0.25) is 0 Å². The van der Waals surface area contributed by atoms with E-state index in [4.69, 9.17) is 9.47 Å². The van der Waals surface area contributed by atoms with Gasteiger partial charge >= 0.3 is 12.2 Å². The normalized spacial score (nSPS) is 11.4. The molecule has 0 radical (unpaired) electrons. The Morgan fingerprint density at radius 3 is 2.44 bits per heavy atom. The van der Waals surface area contributed by atoms with Crippen molar-refractivity contribution in [3.05, 3.63) is 76.9 Å². The molecule has 2 heterocycles. The molecular formula is C26H25F3N4O2S. The van der Waals surface area contributed by atoms with Crippen LogP contribution in [0.4, 0.5) is 24.0 Å². The van der Waals surface area contributed by atoms with Crippen LogP contribution < -0.4 is 14.8 Å². The number of aromatic nitrogens is 3. The number of unbranched alkanes of at least 4 members (excludes halogenated alkanes) is 1. The zero-order chi connectivity index (χ0) is 25.5. The molecule has 0 aliphatic carbocycles. The molecule has 0 bridgehead atoms. The number of ether oxygens (including phenoxy) is 2. The van der Waals surface area contributed by atoms with Crippen molar-refractivity contribution in [1.29, 1.82) is 0 Å². The fourth-order valence-electron chi connectivity index (χ4n) is 3.46. The maximum atomic E-state index is 13.7. The lowest BCUT2D eigenvalue weighted by Gasteiger charge is -2.15. The number of methoxy groups -OCH3 is 1. The minimum absolute atomic E-state index is 0.182. The third-order valence-corrected chi connectivity index (χ3v) is 6.14. The first-order chi connectivity index (χ1) is 17.3. The Kier molecular flexibility index (Phi) is 8.04. The molecule has 0 fully saturated rings. The molecule has 2 aromatic carbocycles. The molecule has 4 aromatic rings. The van der Waals surface area contributed by atoms with Gasteiger partial charge in [0, 0.05) is 29.0 Å². The fraction of sp³-hybridized carbons (Fsp3) is 0.269. The van der Waals surface area contributed by atoms with Crippen LogP contribution in [0.1, 0.15) is 29.5 Å². The van der Waals surface area contributed by atoms with Crippen molar-refractivity contribution in [3.8, 4) is 23.0 Å². The number of nitrogens with zero attached hydrogens (tertiary/aromatic N) is 3. The van der Waals surface area contributed by atoms with Gasteiger partial charge in [0.2, 0.25) is 0 Å². The highest BCUT2D eigenvalue weighted by atomic mass is 32.1. The van der Waals surface area contributed by atoms with Gasteiger partial charge in [0.1, 0.15) is 5.75 Å².